The number of rotatable bonds is 3. The highest BCUT2D eigenvalue weighted by atomic mass is 35.5. The minimum atomic E-state index is 0. The summed E-state index contributed by atoms with van der Waals surface area (Å²) in [6.07, 6.45) is 3.58. The minimum Gasteiger partial charge on any atom is -0.463 e. The molecule has 1 atom stereocenters. The van der Waals surface area contributed by atoms with E-state index < -0.39 is 0 Å². The van der Waals surface area contributed by atoms with Gasteiger partial charge >= 0.3 is 0 Å². The summed E-state index contributed by atoms with van der Waals surface area (Å²) in [6.45, 7) is 1.26. The normalized spacial score (nSPS) is 16.2. The first-order valence-corrected chi connectivity index (χ1v) is 8.22. The van der Waals surface area contributed by atoms with Gasteiger partial charge in [0.25, 0.3) is 5.91 Å². The number of para-hydroxylation sites is 1. The molecule has 1 fully saturated rings. The Bertz CT molecular complexity index is 884. The highest BCUT2D eigenvalue weighted by Gasteiger charge is 2.29. The molecule has 26 heavy (non-hydrogen) atoms. The predicted molar refractivity (Wildman–Crippen MR) is 107 cm³/mol. The largest absolute Gasteiger partial charge is 0.463 e. The molecule has 1 aliphatic heterocycles. The van der Waals surface area contributed by atoms with Gasteiger partial charge in [0.15, 0.2) is 5.76 Å². The van der Waals surface area contributed by atoms with E-state index in [9.17, 15) is 4.79 Å². The second-order valence-electron chi connectivity index (χ2n) is 6.08. The lowest BCUT2D eigenvalue weighted by molar-refractivity contribution is 0.0743. The van der Waals surface area contributed by atoms with Crippen molar-refractivity contribution in [2.45, 2.75) is 18.9 Å². The Kier molecular flexibility index (Phi) is 6.64. The van der Waals surface area contributed by atoms with Gasteiger partial charge in [-0.15, -0.1) is 24.8 Å². The van der Waals surface area contributed by atoms with E-state index in [1.807, 2.05) is 47.4 Å². The quantitative estimate of drug-likeness (QED) is 0.731. The molecule has 2 N–H and O–H groups in total. The van der Waals surface area contributed by atoms with Crippen LogP contribution in [0.3, 0.4) is 0 Å². The Balaban J connectivity index is 0.00000121. The Morgan fingerprint density at radius 2 is 2.04 bits per heavy atom. The summed E-state index contributed by atoms with van der Waals surface area (Å²) in [5.41, 5.74) is 7.96. The van der Waals surface area contributed by atoms with Crippen molar-refractivity contribution in [2.24, 2.45) is 5.73 Å². The van der Waals surface area contributed by atoms with Gasteiger partial charge in [-0.2, -0.15) is 0 Å². The molecule has 0 spiro atoms. The third-order valence-corrected chi connectivity index (χ3v) is 4.63. The van der Waals surface area contributed by atoms with Gasteiger partial charge in [0.05, 0.1) is 17.3 Å². The fourth-order valence-electron chi connectivity index (χ4n) is 3.41. The summed E-state index contributed by atoms with van der Waals surface area (Å²) in [4.78, 5) is 19.7. The SMILES string of the molecule is Cl.Cl.NCC1CCCN1C(=O)c1cc(-c2ccco2)nc2ccccc12. The van der Waals surface area contributed by atoms with E-state index in [2.05, 4.69) is 4.98 Å². The zero-order valence-corrected chi connectivity index (χ0v) is 15.8. The third kappa shape index (κ3) is 3.56. The number of carbonyl (C=O) groups is 1. The summed E-state index contributed by atoms with van der Waals surface area (Å²) in [5, 5.41) is 0.862. The maximum Gasteiger partial charge on any atom is 0.254 e. The van der Waals surface area contributed by atoms with Gasteiger partial charge < -0.3 is 15.1 Å². The molecule has 0 bridgehead atoms. The summed E-state index contributed by atoms with van der Waals surface area (Å²) >= 11 is 0. The fraction of sp³-hybridized carbons (Fsp3) is 0.263. The minimum absolute atomic E-state index is 0. The number of amides is 1. The molecular formula is C19H21Cl2N3O2. The summed E-state index contributed by atoms with van der Waals surface area (Å²) in [5.74, 6) is 0.681. The summed E-state index contributed by atoms with van der Waals surface area (Å²) < 4.78 is 5.46. The molecule has 4 rings (SSSR count). The van der Waals surface area contributed by atoms with Crippen molar-refractivity contribution >= 4 is 41.6 Å². The molecule has 3 aromatic rings. The molecule has 0 radical (unpaired) electrons. The van der Waals surface area contributed by atoms with E-state index in [0.717, 1.165) is 30.3 Å². The average Bonchev–Trinajstić information content (AvgIpc) is 3.31. The molecule has 138 valence electrons. The van der Waals surface area contributed by atoms with Crippen molar-refractivity contribution in [2.75, 3.05) is 13.1 Å². The monoisotopic (exact) mass is 393 g/mol. The Labute approximate surface area is 164 Å². The lowest BCUT2D eigenvalue weighted by atomic mass is 10.0. The molecule has 1 aliphatic rings. The maximum absolute atomic E-state index is 13.2. The molecule has 1 saturated heterocycles. The number of hydrogen-bond donors (Lipinski definition) is 1. The number of halogens is 2. The van der Waals surface area contributed by atoms with Crippen molar-refractivity contribution < 1.29 is 9.21 Å². The zero-order chi connectivity index (χ0) is 16.5. The molecule has 1 unspecified atom stereocenters. The molecule has 1 amide bonds. The van der Waals surface area contributed by atoms with Crippen LogP contribution in [0.15, 0.2) is 53.1 Å². The molecular weight excluding hydrogens is 373 g/mol. The first kappa shape index (κ1) is 20.2. The van der Waals surface area contributed by atoms with Gasteiger partial charge in [-0.05, 0) is 37.1 Å². The van der Waals surface area contributed by atoms with E-state index >= 15 is 0 Å². The van der Waals surface area contributed by atoms with Crippen LogP contribution in [0.5, 0.6) is 0 Å². The van der Waals surface area contributed by atoms with Crippen molar-refractivity contribution in [1.82, 2.24) is 9.88 Å². The molecule has 5 nitrogen and oxygen atoms in total. The van der Waals surface area contributed by atoms with Gasteiger partial charge in [-0.25, -0.2) is 4.98 Å². The number of fused-ring (bicyclic) bond motifs is 1. The molecule has 7 heteroatoms. The van der Waals surface area contributed by atoms with Crippen LogP contribution in [-0.4, -0.2) is 34.9 Å². The second kappa shape index (κ2) is 8.54. The lowest BCUT2D eigenvalue weighted by Crippen LogP contribution is -2.40. The molecule has 1 aromatic carbocycles. The molecule has 0 aliphatic carbocycles. The third-order valence-electron chi connectivity index (χ3n) is 4.63. The topological polar surface area (TPSA) is 72.4 Å². The number of nitrogens with zero attached hydrogens (tertiary/aromatic N) is 2. The van der Waals surface area contributed by atoms with Crippen LogP contribution in [0.25, 0.3) is 22.4 Å². The number of likely N-dealkylation sites (tertiary alicyclic amines) is 1. The zero-order valence-electron chi connectivity index (χ0n) is 14.1. The Hall–Kier alpha value is -2.08. The van der Waals surface area contributed by atoms with Crippen molar-refractivity contribution in [3.8, 4) is 11.5 Å². The van der Waals surface area contributed by atoms with Crippen LogP contribution in [0.1, 0.15) is 23.2 Å². The number of furan rings is 1. The first-order chi connectivity index (χ1) is 11.8. The van der Waals surface area contributed by atoms with E-state index in [0.29, 0.717) is 23.6 Å². The summed E-state index contributed by atoms with van der Waals surface area (Å²) in [6, 6.07) is 13.3. The van der Waals surface area contributed by atoms with Crippen LogP contribution < -0.4 is 5.73 Å². The molecule has 2 aromatic heterocycles. The standard InChI is InChI=1S/C19H19N3O2.2ClH/c20-12-13-5-3-9-22(13)19(23)15-11-17(18-8-4-10-24-18)21-16-7-2-1-6-14(15)16;;/h1-2,4,6-8,10-11,13H,3,5,9,12,20H2;2*1H. The van der Waals surface area contributed by atoms with Gasteiger partial charge in [-0.3, -0.25) is 4.79 Å². The highest BCUT2D eigenvalue weighted by Crippen LogP contribution is 2.28. The Morgan fingerprint density at radius 3 is 2.77 bits per heavy atom. The van der Waals surface area contributed by atoms with Gasteiger partial charge in [0.1, 0.15) is 5.69 Å². The van der Waals surface area contributed by atoms with Gasteiger partial charge in [-0.1, -0.05) is 18.2 Å². The smallest absolute Gasteiger partial charge is 0.254 e. The lowest BCUT2D eigenvalue weighted by Gasteiger charge is -2.24. The van der Waals surface area contributed by atoms with Gasteiger partial charge in [0, 0.05) is 24.5 Å². The predicted octanol–water partition coefficient (Wildman–Crippen LogP) is 3.90. The number of nitrogens with two attached hydrogens (primary N) is 1. The van der Waals surface area contributed by atoms with E-state index in [1.165, 1.54) is 0 Å². The van der Waals surface area contributed by atoms with Crippen LogP contribution in [0.4, 0.5) is 0 Å². The molecule has 3 heterocycles. The van der Waals surface area contributed by atoms with Crippen LogP contribution >= 0.6 is 24.8 Å². The van der Waals surface area contributed by atoms with Gasteiger partial charge in [0.2, 0.25) is 0 Å². The Morgan fingerprint density at radius 1 is 1.23 bits per heavy atom. The van der Waals surface area contributed by atoms with Crippen molar-refractivity contribution in [3.63, 3.8) is 0 Å². The number of benzene rings is 1. The molecule has 0 saturated carbocycles. The summed E-state index contributed by atoms with van der Waals surface area (Å²) in [7, 11) is 0. The highest BCUT2D eigenvalue weighted by molar-refractivity contribution is 6.07. The van der Waals surface area contributed by atoms with Crippen molar-refractivity contribution in [1.29, 1.82) is 0 Å². The van der Waals surface area contributed by atoms with Crippen molar-refractivity contribution in [3.05, 3.63) is 54.3 Å². The fourth-order valence-corrected chi connectivity index (χ4v) is 3.41. The van der Waals surface area contributed by atoms with Crippen LogP contribution in [0.2, 0.25) is 0 Å². The van der Waals surface area contributed by atoms with E-state index in [-0.39, 0.29) is 36.8 Å². The second-order valence-corrected chi connectivity index (χ2v) is 6.08. The number of pyridine rings is 1. The first-order valence-electron chi connectivity index (χ1n) is 8.22. The number of carbonyl (C=O) groups excluding carboxylic acids is 1. The van der Waals surface area contributed by atoms with E-state index in [1.54, 1.807) is 6.26 Å². The number of aromatic nitrogens is 1. The number of hydrogen-bond acceptors (Lipinski definition) is 4. The van der Waals surface area contributed by atoms with Crippen LogP contribution in [-0.2, 0) is 0 Å². The maximum atomic E-state index is 13.2. The van der Waals surface area contributed by atoms with E-state index in [4.69, 9.17) is 10.2 Å². The average molecular weight is 394 g/mol. The van der Waals surface area contributed by atoms with Crippen LogP contribution in [0, 0.1) is 0 Å².